The minimum Gasteiger partial charge on any atom is -0.508 e. The van der Waals surface area contributed by atoms with E-state index in [1.165, 1.54) is 4.90 Å². The van der Waals surface area contributed by atoms with Gasteiger partial charge in [-0.3, -0.25) is 14.5 Å². The largest absolute Gasteiger partial charge is 0.508 e. The number of fused-ring (bicyclic) bond motifs is 3. The first-order valence-corrected chi connectivity index (χ1v) is 9.06. The molecule has 1 saturated carbocycles. The topological polar surface area (TPSA) is 69.6 Å². The fourth-order valence-corrected chi connectivity index (χ4v) is 4.89. The first-order chi connectivity index (χ1) is 12.0. The summed E-state index contributed by atoms with van der Waals surface area (Å²) >= 11 is 3.56. The predicted octanol–water partition coefficient (Wildman–Crippen LogP) is 2.56. The summed E-state index contributed by atoms with van der Waals surface area (Å²) in [5.74, 6) is -0.277. The highest BCUT2D eigenvalue weighted by Crippen LogP contribution is 2.56. The van der Waals surface area contributed by atoms with E-state index in [1.807, 2.05) is 6.07 Å². The first-order valence-electron chi connectivity index (χ1n) is 8.27. The van der Waals surface area contributed by atoms with E-state index in [-0.39, 0.29) is 23.6 Å². The Kier molecular flexibility index (Phi) is 2.98. The number of phenols is 1. The number of phenolic OH excluding ortho intramolecular Hbond substituents is 1. The van der Waals surface area contributed by atoms with Crippen LogP contribution in [0.5, 0.6) is 5.75 Å². The van der Waals surface area contributed by atoms with Crippen molar-refractivity contribution in [2.24, 2.45) is 0 Å². The van der Waals surface area contributed by atoms with E-state index >= 15 is 0 Å². The average Bonchev–Trinajstić information content (AvgIpc) is 3.24. The zero-order valence-corrected chi connectivity index (χ0v) is 14.8. The number of imide groups is 1. The van der Waals surface area contributed by atoms with Crippen LogP contribution in [-0.4, -0.2) is 34.4 Å². The van der Waals surface area contributed by atoms with Gasteiger partial charge in [0.05, 0.1) is 22.7 Å². The summed E-state index contributed by atoms with van der Waals surface area (Å²) in [6.07, 6.45) is 1.41. The molecule has 1 spiro atoms. The van der Waals surface area contributed by atoms with Crippen molar-refractivity contribution in [2.75, 3.05) is 6.54 Å². The Bertz CT molecular complexity index is 923. The molecule has 1 unspecified atom stereocenters. The van der Waals surface area contributed by atoms with Crippen LogP contribution in [-0.2, 0) is 12.0 Å². The summed E-state index contributed by atoms with van der Waals surface area (Å²) in [5.41, 5.74) is 2.25. The highest BCUT2D eigenvalue weighted by molar-refractivity contribution is 9.10. The highest BCUT2D eigenvalue weighted by atomic mass is 79.9. The minimum absolute atomic E-state index is 0.213. The molecule has 0 aromatic heterocycles. The third-order valence-corrected chi connectivity index (χ3v) is 6.30. The van der Waals surface area contributed by atoms with Gasteiger partial charge in [-0.25, -0.2) is 0 Å². The van der Waals surface area contributed by atoms with Crippen LogP contribution in [0.25, 0.3) is 0 Å². The number of amides is 2. The second kappa shape index (κ2) is 4.93. The van der Waals surface area contributed by atoms with Crippen molar-refractivity contribution in [3.05, 3.63) is 63.1 Å². The number of nitrogens with zero attached hydrogens (tertiary/aromatic N) is 1. The van der Waals surface area contributed by atoms with Gasteiger partial charge in [-0.1, -0.05) is 28.1 Å². The van der Waals surface area contributed by atoms with Gasteiger partial charge in [0.25, 0.3) is 11.8 Å². The van der Waals surface area contributed by atoms with Gasteiger partial charge in [0, 0.05) is 16.6 Å². The van der Waals surface area contributed by atoms with E-state index in [0.29, 0.717) is 17.5 Å². The molecule has 0 saturated heterocycles. The molecule has 25 heavy (non-hydrogen) atoms. The SMILES string of the molecule is O=C1c2ccccc2C(=O)N1C1C[C@]12NCCc1c(Br)ccc(O)c12. The Labute approximate surface area is 152 Å². The zero-order valence-electron chi connectivity index (χ0n) is 13.3. The normalized spacial score (nSPS) is 26.8. The molecule has 2 aliphatic heterocycles. The van der Waals surface area contributed by atoms with Crippen molar-refractivity contribution >= 4 is 27.7 Å². The van der Waals surface area contributed by atoms with E-state index < -0.39 is 5.54 Å². The van der Waals surface area contributed by atoms with Crippen LogP contribution in [0.4, 0.5) is 0 Å². The van der Waals surface area contributed by atoms with Gasteiger partial charge in [0.1, 0.15) is 5.75 Å². The highest BCUT2D eigenvalue weighted by Gasteiger charge is 2.64. The summed E-state index contributed by atoms with van der Waals surface area (Å²) in [6.45, 7) is 0.745. The van der Waals surface area contributed by atoms with Crippen LogP contribution in [0, 0.1) is 0 Å². The Morgan fingerprint density at radius 1 is 1.12 bits per heavy atom. The third-order valence-electron chi connectivity index (χ3n) is 5.56. The molecule has 1 fully saturated rings. The first kappa shape index (κ1) is 15.1. The lowest BCUT2D eigenvalue weighted by atomic mass is 9.90. The maximum atomic E-state index is 12.8. The lowest BCUT2D eigenvalue weighted by molar-refractivity contribution is 0.0623. The molecule has 2 amide bonds. The van der Waals surface area contributed by atoms with Crippen molar-refractivity contribution < 1.29 is 14.7 Å². The molecule has 2 N–H and O–H groups in total. The molecule has 2 heterocycles. The maximum absolute atomic E-state index is 12.8. The molecule has 2 atom stereocenters. The average molecular weight is 399 g/mol. The van der Waals surface area contributed by atoms with Crippen LogP contribution >= 0.6 is 15.9 Å². The van der Waals surface area contributed by atoms with E-state index in [9.17, 15) is 14.7 Å². The summed E-state index contributed by atoms with van der Waals surface area (Å²) in [7, 11) is 0. The number of benzene rings is 2. The number of halogens is 1. The molecular weight excluding hydrogens is 384 g/mol. The molecule has 0 bridgehead atoms. The third kappa shape index (κ3) is 1.86. The molecule has 2 aromatic rings. The maximum Gasteiger partial charge on any atom is 0.261 e. The fraction of sp³-hybridized carbons (Fsp3) is 0.263. The van der Waals surface area contributed by atoms with Gasteiger partial charge < -0.3 is 10.4 Å². The van der Waals surface area contributed by atoms with Crippen molar-refractivity contribution in [3.8, 4) is 5.75 Å². The van der Waals surface area contributed by atoms with Gasteiger partial charge in [0.15, 0.2) is 0 Å². The van der Waals surface area contributed by atoms with Crippen LogP contribution in [0.2, 0.25) is 0 Å². The number of hydrogen-bond donors (Lipinski definition) is 2. The molecule has 2 aromatic carbocycles. The van der Waals surface area contributed by atoms with Crippen molar-refractivity contribution in [3.63, 3.8) is 0 Å². The van der Waals surface area contributed by atoms with Crippen molar-refractivity contribution in [2.45, 2.75) is 24.4 Å². The van der Waals surface area contributed by atoms with Crippen LogP contribution < -0.4 is 5.32 Å². The van der Waals surface area contributed by atoms with Crippen LogP contribution in [0.3, 0.4) is 0 Å². The number of carbonyl (C=O) groups excluding carboxylic acids is 2. The number of nitrogens with one attached hydrogen (secondary N) is 1. The molecule has 5 nitrogen and oxygen atoms in total. The monoisotopic (exact) mass is 398 g/mol. The Balaban J connectivity index is 1.59. The summed E-state index contributed by atoms with van der Waals surface area (Å²) in [4.78, 5) is 26.9. The summed E-state index contributed by atoms with van der Waals surface area (Å²) in [6, 6.07) is 10.2. The summed E-state index contributed by atoms with van der Waals surface area (Å²) in [5, 5.41) is 13.9. The second-order valence-electron chi connectivity index (χ2n) is 6.81. The number of aromatic hydroxyl groups is 1. The Hall–Kier alpha value is -2.18. The zero-order chi connectivity index (χ0) is 17.3. The molecular formula is C19H15BrN2O3. The quantitative estimate of drug-likeness (QED) is 0.724. The van der Waals surface area contributed by atoms with E-state index in [1.54, 1.807) is 30.3 Å². The van der Waals surface area contributed by atoms with E-state index in [2.05, 4.69) is 21.2 Å². The fourth-order valence-electron chi connectivity index (χ4n) is 4.36. The second-order valence-corrected chi connectivity index (χ2v) is 7.67. The standard InChI is InChI=1S/C19H15BrN2O3/c20-13-5-6-14(23)16-12(13)7-8-21-19(16)9-15(19)22-17(24)10-3-1-2-4-11(10)18(22)25/h1-6,15,21,23H,7-9H2/t15?,19-/m0/s1. The number of carbonyl (C=O) groups is 2. The number of rotatable bonds is 1. The smallest absolute Gasteiger partial charge is 0.261 e. The van der Waals surface area contributed by atoms with E-state index in [0.717, 1.165) is 28.6 Å². The van der Waals surface area contributed by atoms with Crippen LogP contribution in [0.1, 0.15) is 38.3 Å². The van der Waals surface area contributed by atoms with Gasteiger partial charge >= 0.3 is 0 Å². The predicted molar refractivity (Wildman–Crippen MR) is 94.5 cm³/mol. The van der Waals surface area contributed by atoms with Gasteiger partial charge in [0.2, 0.25) is 0 Å². The van der Waals surface area contributed by atoms with Crippen molar-refractivity contribution in [1.29, 1.82) is 0 Å². The lowest BCUT2D eigenvalue weighted by Gasteiger charge is -2.31. The van der Waals surface area contributed by atoms with Crippen molar-refractivity contribution in [1.82, 2.24) is 10.2 Å². The molecule has 5 rings (SSSR count). The molecule has 0 radical (unpaired) electrons. The van der Waals surface area contributed by atoms with Gasteiger partial charge in [-0.2, -0.15) is 0 Å². The summed E-state index contributed by atoms with van der Waals surface area (Å²) < 4.78 is 0.953. The van der Waals surface area contributed by atoms with Gasteiger partial charge in [-0.05, 0) is 42.7 Å². The minimum atomic E-state index is -0.547. The van der Waals surface area contributed by atoms with Crippen LogP contribution in [0.15, 0.2) is 40.9 Å². The number of hydrogen-bond acceptors (Lipinski definition) is 4. The lowest BCUT2D eigenvalue weighted by Crippen LogP contribution is -2.45. The van der Waals surface area contributed by atoms with E-state index in [4.69, 9.17) is 0 Å². The molecule has 6 heteroatoms. The molecule has 1 aliphatic carbocycles. The Morgan fingerprint density at radius 3 is 2.48 bits per heavy atom. The molecule has 126 valence electrons. The Morgan fingerprint density at radius 2 is 1.80 bits per heavy atom. The van der Waals surface area contributed by atoms with Gasteiger partial charge in [-0.15, -0.1) is 0 Å². The molecule has 3 aliphatic rings.